The molecule has 1 aliphatic carbocycles. The molecule has 1 aliphatic rings. The van der Waals surface area contributed by atoms with Crippen molar-refractivity contribution in [2.75, 3.05) is 11.9 Å². The summed E-state index contributed by atoms with van der Waals surface area (Å²) in [7, 11) is 1.66. The standard InChI is InChI=1S/C21H24N2O3/c1-23(18-10-6-3-7-11-18)21(25)26-19-14-12-16(13-15-19)20(24)22-17-8-4-2-5-9-17/h3,6-7,10-15,17H,2,4-5,8-9H2,1H3,(H,22,24). The highest BCUT2D eigenvalue weighted by Crippen LogP contribution is 2.19. The zero-order valence-electron chi connectivity index (χ0n) is 15.0. The zero-order valence-corrected chi connectivity index (χ0v) is 15.0. The van der Waals surface area contributed by atoms with Crippen LogP contribution in [0.5, 0.6) is 5.75 Å². The Morgan fingerprint density at radius 2 is 1.62 bits per heavy atom. The van der Waals surface area contributed by atoms with Gasteiger partial charge in [0.25, 0.3) is 5.91 Å². The van der Waals surface area contributed by atoms with Gasteiger partial charge in [-0.05, 0) is 49.2 Å². The van der Waals surface area contributed by atoms with E-state index in [0.29, 0.717) is 11.3 Å². The van der Waals surface area contributed by atoms with Crippen molar-refractivity contribution < 1.29 is 14.3 Å². The first-order valence-electron chi connectivity index (χ1n) is 9.05. The molecule has 2 aromatic carbocycles. The summed E-state index contributed by atoms with van der Waals surface area (Å²) in [5.41, 5.74) is 1.33. The van der Waals surface area contributed by atoms with Crippen molar-refractivity contribution in [3.63, 3.8) is 0 Å². The van der Waals surface area contributed by atoms with Gasteiger partial charge in [-0.3, -0.25) is 9.69 Å². The summed E-state index contributed by atoms with van der Waals surface area (Å²) in [6.07, 6.45) is 5.23. The Hall–Kier alpha value is -2.82. The molecule has 0 unspecified atom stereocenters. The van der Waals surface area contributed by atoms with Gasteiger partial charge in [-0.25, -0.2) is 4.79 Å². The number of benzene rings is 2. The molecule has 0 heterocycles. The van der Waals surface area contributed by atoms with Gasteiger partial charge in [0.15, 0.2) is 0 Å². The molecule has 1 N–H and O–H groups in total. The van der Waals surface area contributed by atoms with Crippen LogP contribution in [0.4, 0.5) is 10.5 Å². The number of carbonyl (C=O) groups is 2. The van der Waals surface area contributed by atoms with Crippen LogP contribution in [-0.4, -0.2) is 25.1 Å². The van der Waals surface area contributed by atoms with Crippen molar-refractivity contribution in [3.05, 3.63) is 60.2 Å². The highest BCUT2D eigenvalue weighted by atomic mass is 16.6. The highest BCUT2D eigenvalue weighted by Gasteiger charge is 2.17. The van der Waals surface area contributed by atoms with E-state index < -0.39 is 6.09 Å². The summed E-state index contributed by atoms with van der Waals surface area (Å²) in [5.74, 6) is 0.336. The number of para-hydroxylation sites is 1. The van der Waals surface area contributed by atoms with E-state index in [-0.39, 0.29) is 11.9 Å². The maximum atomic E-state index is 12.3. The minimum Gasteiger partial charge on any atom is -0.410 e. The van der Waals surface area contributed by atoms with E-state index in [9.17, 15) is 9.59 Å². The van der Waals surface area contributed by atoms with E-state index in [1.807, 2.05) is 30.3 Å². The van der Waals surface area contributed by atoms with Crippen LogP contribution in [0, 0.1) is 0 Å². The van der Waals surface area contributed by atoms with Crippen molar-refractivity contribution in [1.29, 1.82) is 0 Å². The monoisotopic (exact) mass is 352 g/mol. The first-order valence-corrected chi connectivity index (χ1v) is 9.05. The van der Waals surface area contributed by atoms with Crippen LogP contribution in [0.3, 0.4) is 0 Å². The van der Waals surface area contributed by atoms with E-state index in [1.165, 1.54) is 24.2 Å². The van der Waals surface area contributed by atoms with E-state index in [0.717, 1.165) is 18.5 Å². The molecule has 3 rings (SSSR count). The van der Waals surface area contributed by atoms with Crippen molar-refractivity contribution in [3.8, 4) is 5.75 Å². The third-order valence-corrected chi connectivity index (χ3v) is 4.68. The molecule has 0 atom stereocenters. The van der Waals surface area contributed by atoms with Crippen LogP contribution in [0.25, 0.3) is 0 Å². The van der Waals surface area contributed by atoms with Gasteiger partial charge in [0.1, 0.15) is 5.75 Å². The molecule has 0 spiro atoms. The molecule has 0 aromatic heterocycles. The van der Waals surface area contributed by atoms with Gasteiger partial charge >= 0.3 is 6.09 Å². The van der Waals surface area contributed by atoms with Gasteiger partial charge < -0.3 is 10.1 Å². The quantitative estimate of drug-likeness (QED) is 0.888. The molecule has 0 saturated heterocycles. The normalized spacial score (nSPS) is 14.5. The fourth-order valence-electron chi connectivity index (χ4n) is 3.12. The summed E-state index contributed by atoms with van der Waals surface area (Å²) >= 11 is 0. The summed E-state index contributed by atoms with van der Waals surface area (Å²) < 4.78 is 5.37. The lowest BCUT2D eigenvalue weighted by molar-refractivity contribution is 0.0927. The highest BCUT2D eigenvalue weighted by molar-refractivity contribution is 5.94. The minimum atomic E-state index is -0.476. The van der Waals surface area contributed by atoms with E-state index in [1.54, 1.807) is 31.3 Å². The van der Waals surface area contributed by atoms with Crippen LogP contribution >= 0.6 is 0 Å². The predicted octanol–water partition coefficient (Wildman–Crippen LogP) is 4.38. The van der Waals surface area contributed by atoms with Crippen LogP contribution < -0.4 is 15.0 Å². The Morgan fingerprint density at radius 1 is 0.962 bits per heavy atom. The molecule has 5 heteroatoms. The molecule has 0 aliphatic heterocycles. The van der Waals surface area contributed by atoms with Gasteiger partial charge in [0.05, 0.1) is 0 Å². The first kappa shape index (κ1) is 18.0. The average Bonchev–Trinajstić information content (AvgIpc) is 2.69. The van der Waals surface area contributed by atoms with Crippen molar-refractivity contribution in [2.24, 2.45) is 0 Å². The summed E-state index contributed by atoms with van der Waals surface area (Å²) in [4.78, 5) is 26.0. The molecule has 1 fully saturated rings. The van der Waals surface area contributed by atoms with E-state index in [2.05, 4.69) is 5.32 Å². The average molecular weight is 352 g/mol. The van der Waals surface area contributed by atoms with Crippen molar-refractivity contribution in [1.82, 2.24) is 5.32 Å². The SMILES string of the molecule is CN(C(=O)Oc1ccc(C(=O)NC2CCCCC2)cc1)c1ccccc1. The topological polar surface area (TPSA) is 58.6 Å². The Kier molecular flexibility index (Phi) is 5.89. The maximum Gasteiger partial charge on any atom is 0.419 e. The predicted molar refractivity (Wildman–Crippen MR) is 102 cm³/mol. The lowest BCUT2D eigenvalue weighted by atomic mass is 9.95. The molecule has 0 radical (unpaired) electrons. The molecular weight excluding hydrogens is 328 g/mol. The van der Waals surface area contributed by atoms with Gasteiger partial charge in [0, 0.05) is 24.3 Å². The summed E-state index contributed by atoms with van der Waals surface area (Å²) in [5, 5.41) is 3.08. The Bertz CT molecular complexity index is 738. The molecule has 1 saturated carbocycles. The molecule has 26 heavy (non-hydrogen) atoms. The van der Waals surface area contributed by atoms with Gasteiger partial charge in [-0.15, -0.1) is 0 Å². The molecule has 0 bridgehead atoms. The minimum absolute atomic E-state index is 0.0730. The van der Waals surface area contributed by atoms with Crippen LogP contribution in [0.1, 0.15) is 42.5 Å². The number of ether oxygens (including phenoxy) is 1. The van der Waals surface area contributed by atoms with Crippen molar-refractivity contribution >= 4 is 17.7 Å². The lowest BCUT2D eigenvalue weighted by Gasteiger charge is -2.22. The Labute approximate surface area is 154 Å². The van der Waals surface area contributed by atoms with Gasteiger partial charge in [-0.2, -0.15) is 0 Å². The Morgan fingerprint density at radius 3 is 2.27 bits per heavy atom. The number of anilines is 1. The van der Waals surface area contributed by atoms with E-state index in [4.69, 9.17) is 4.74 Å². The second-order valence-corrected chi connectivity index (χ2v) is 6.60. The molecule has 2 aromatic rings. The number of hydrogen-bond acceptors (Lipinski definition) is 3. The fraction of sp³-hybridized carbons (Fsp3) is 0.333. The molecular formula is C21H24N2O3. The van der Waals surface area contributed by atoms with Crippen LogP contribution in [0.2, 0.25) is 0 Å². The number of nitrogens with zero attached hydrogens (tertiary/aromatic N) is 1. The third-order valence-electron chi connectivity index (χ3n) is 4.68. The number of rotatable bonds is 4. The molecule has 136 valence electrons. The Balaban J connectivity index is 1.57. The summed E-state index contributed by atoms with van der Waals surface area (Å²) in [6, 6.07) is 16.2. The second-order valence-electron chi connectivity index (χ2n) is 6.60. The number of amides is 2. The largest absolute Gasteiger partial charge is 0.419 e. The number of nitrogens with one attached hydrogen (secondary N) is 1. The smallest absolute Gasteiger partial charge is 0.410 e. The van der Waals surface area contributed by atoms with Crippen LogP contribution in [-0.2, 0) is 0 Å². The molecule has 5 nitrogen and oxygen atoms in total. The third kappa shape index (κ3) is 4.63. The van der Waals surface area contributed by atoms with E-state index >= 15 is 0 Å². The fourth-order valence-corrected chi connectivity index (χ4v) is 3.12. The zero-order chi connectivity index (χ0) is 18.4. The maximum absolute atomic E-state index is 12.3. The van der Waals surface area contributed by atoms with Gasteiger partial charge in [0.2, 0.25) is 0 Å². The summed E-state index contributed by atoms with van der Waals surface area (Å²) in [6.45, 7) is 0. The first-order chi connectivity index (χ1) is 12.6. The molecule has 2 amide bonds. The van der Waals surface area contributed by atoms with Gasteiger partial charge in [-0.1, -0.05) is 37.5 Å². The second kappa shape index (κ2) is 8.52. The lowest BCUT2D eigenvalue weighted by Crippen LogP contribution is -2.36. The number of hydrogen-bond donors (Lipinski definition) is 1. The van der Waals surface area contributed by atoms with Crippen LogP contribution in [0.15, 0.2) is 54.6 Å². The van der Waals surface area contributed by atoms with Crippen molar-refractivity contribution in [2.45, 2.75) is 38.1 Å². The number of carbonyl (C=O) groups excluding carboxylic acids is 2.